The average Bonchev–Trinajstić information content (AvgIpc) is 2.48. The number of halogens is 1. The van der Waals surface area contributed by atoms with Crippen LogP contribution < -0.4 is 5.73 Å². The van der Waals surface area contributed by atoms with E-state index in [1.807, 2.05) is 24.3 Å². The van der Waals surface area contributed by atoms with E-state index in [0.717, 1.165) is 30.4 Å². The fourth-order valence-corrected chi connectivity index (χ4v) is 2.88. The summed E-state index contributed by atoms with van der Waals surface area (Å²) in [7, 11) is 0. The van der Waals surface area contributed by atoms with Gasteiger partial charge in [-0.25, -0.2) is 4.39 Å². The van der Waals surface area contributed by atoms with Crippen LogP contribution in [0, 0.1) is 11.7 Å². The molecule has 1 heterocycles. The number of rotatable bonds is 2. The summed E-state index contributed by atoms with van der Waals surface area (Å²) in [6, 6.07) is 10.8. The van der Waals surface area contributed by atoms with E-state index in [4.69, 9.17) is 10.5 Å². The largest absolute Gasteiger partial charge is 0.381 e. The minimum atomic E-state index is -0.188. The zero-order valence-corrected chi connectivity index (χ0v) is 10.8. The Bertz CT molecular complexity index is 578. The molecule has 1 aliphatic heterocycles. The smallest absolute Gasteiger partial charge is 0.131 e. The molecule has 3 heteroatoms. The number of hydrogen-bond acceptors (Lipinski definition) is 2. The van der Waals surface area contributed by atoms with Crippen LogP contribution in [0.1, 0.15) is 24.4 Å². The maximum Gasteiger partial charge on any atom is 0.131 e. The fourth-order valence-electron chi connectivity index (χ4n) is 2.88. The minimum absolute atomic E-state index is 0.0919. The van der Waals surface area contributed by atoms with Crippen molar-refractivity contribution >= 4 is 10.8 Å². The van der Waals surface area contributed by atoms with Crippen molar-refractivity contribution in [2.45, 2.75) is 18.9 Å². The SMILES string of the molecule is NC(c1ccc(F)c2ccccc12)C1CCCOC1. The molecule has 0 saturated carbocycles. The molecule has 1 saturated heterocycles. The van der Waals surface area contributed by atoms with Crippen LogP contribution in [0.25, 0.3) is 10.8 Å². The molecule has 0 bridgehead atoms. The van der Waals surface area contributed by atoms with E-state index in [-0.39, 0.29) is 11.9 Å². The molecule has 0 amide bonds. The molecule has 2 unspecified atom stereocenters. The molecule has 2 N–H and O–H groups in total. The summed E-state index contributed by atoms with van der Waals surface area (Å²) in [5, 5.41) is 1.56. The van der Waals surface area contributed by atoms with Gasteiger partial charge in [-0.1, -0.05) is 30.3 Å². The Morgan fingerprint density at radius 1 is 1.16 bits per heavy atom. The zero-order chi connectivity index (χ0) is 13.2. The van der Waals surface area contributed by atoms with E-state index >= 15 is 0 Å². The Balaban J connectivity index is 2.02. The normalized spacial score (nSPS) is 21.5. The van der Waals surface area contributed by atoms with Crippen molar-refractivity contribution in [2.24, 2.45) is 11.7 Å². The lowest BCUT2D eigenvalue weighted by atomic mass is 9.87. The molecule has 19 heavy (non-hydrogen) atoms. The minimum Gasteiger partial charge on any atom is -0.381 e. The van der Waals surface area contributed by atoms with Crippen LogP contribution in [-0.2, 0) is 4.74 Å². The summed E-state index contributed by atoms with van der Waals surface area (Å²) in [6.07, 6.45) is 2.13. The molecular weight excluding hydrogens is 241 g/mol. The van der Waals surface area contributed by atoms with Crippen molar-refractivity contribution in [2.75, 3.05) is 13.2 Å². The molecule has 1 aliphatic rings. The van der Waals surface area contributed by atoms with Gasteiger partial charge in [-0.05, 0) is 29.9 Å². The standard InChI is InChI=1S/C16H18FNO/c17-15-8-7-14(12-5-1-2-6-13(12)15)16(18)11-4-3-9-19-10-11/h1-2,5-8,11,16H,3-4,9-10,18H2. The second kappa shape index (κ2) is 5.27. The summed E-state index contributed by atoms with van der Waals surface area (Å²) >= 11 is 0. The number of hydrogen-bond donors (Lipinski definition) is 1. The highest BCUT2D eigenvalue weighted by molar-refractivity contribution is 5.86. The highest BCUT2D eigenvalue weighted by Crippen LogP contribution is 2.32. The van der Waals surface area contributed by atoms with Gasteiger partial charge in [0.05, 0.1) is 6.61 Å². The molecule has 0 radical (unpaired) electrons. The van der Waals surface area contributed by atoms with Crippen molar-refractivity contribution in [1.29, 1.82) is 0 Å². The zero-order valence-electron chi connectivity index (χ0n) is 10.8. The Hall–Kier alpha value is -1.45. The van der Waals surface area contributed by atoms with E-state index in [2.05, 4.69) is 0 Å². The maximum atomic E-state index is 13.8. The van der Waals surface area contributed by atoms with E-state index in [9.17, 15) is 4.39 Å². The van der Waals surface area contributed by atoms with Crippen molar-refractivity contribution in [3.63, 3.8) is 0 Å². The van der Waals surface area contributed by atoms with Crippen LogP contribution in [-0.4, -0.2) is 13.2 Å². The number of fused-ring (bicyclic) bond motifs is 1. The third kappa shape index (κ3) is 2.36. The van der Waals surface area contributed by atoms with Crippen LogP contribution in [0.2, 0.25) is 0 Å². The Morgan fingerprint density at radius 2 is 1.95 bits per heavy atom. The van der Waals surface area contributed by atoms with Gasteiger partial charge in [-0.2, -0.15) is 0 Å². The lowest BCUT2D eigenvalue weighted by Gasteiger charge is -2.28. The van der Waals surface area contributed by atoms with Gasteiger partial charge in [-0.3, -0.25) is 0 Å². The molecule has 0 aliphatic carbocycles. The average molecular weight is 259 g/mol. The van der Waals surface area contributed by atoms with Gasteiger partial charge in [-0.15, -0.1) is 0 Å². The Kier molecular flexibility index (Phi) is 3.49. The number of ether oxygens (including phenoxy) is 1. The number of benzene rings is 2. The highest BCUT2D eigenvalue weighted by Gasteiger charge is 2.24. The third-order valence-corrected chi connectivity index (χ3v) is 3.97. The molecule has 1 fully saturated rings. The van der Waals surface area contributed by atoms with Gasteiger partial charge in [0.25, 0.3) is 0 Å². The first-order chi connectivity index (χ1) is 9.27. The van der Waals surface area contributed by atoms with Gasteiger partial charge in [0.15, 0.2) is 0 Å². The van der Waals surface area contributed by atoms with Crippen molar-refractivity contribution in [3.05, 3.63) is 47.8 Å². The predicted molar refractivity (Wildman–Crippen MR) is 74.4 cm³/mol. The van der Waals surface area contributed by atoms with Gasteiger partial charge < -0.3 is 10.5 Å². The molecule has 0 aromatic heterocycles. The molecule has 2 aromatic rings. The summed E-state index contributed by atoms with van der Waals surface area (Å²) in [6.45, 7) is 1.53. The van der Waals surface area contributed by atoms with Crippen LogP contribution in [0.3, 0.4) is 0 Å². The van der Waals surface area contributed by atoms with Gasteiger partial charge >= 0.3 is 0 Å². The number of nitrogens with two attached hydrogens (primary N) is 1. The van der Waals surface area contributed by atoms with Crippen molar-refractivity contribution in [3.8, 4) is 0 Å². The van der Waals surface area contributed by atoms with E-state index in [0.29, 0.717) is 17.9 Å². The first-order valence-corrected chi connectivity index (χ1v) is 6.78. The fraction of sp³-hybridized carbons (Fsp3) is 0.375. The molecule has 0 spiro atoms. The molecule has 100 valence electrons. The maximum absolute atomic E-state index is 13.8. The molecule has 2 aromatic carbocycles. The summed E-state index contributed by atoms with van der Waals surface area (Å²) in [5.41, 5.74) is 7.40. The molecule has 3 rings (SSSR count). The monoisotopic (exact) mass is 259 g/mol. The van der Waals surface area contributed by atoms with Gasteiger partial charge in [0.2, 0.25) is 0 Å². The summed E-state index contributed by atoms with van der Waals surface area (Å²) in [5.74, 6) is 0.133. The molecular formula is C16H18FNO. The third-order valence-electron chi connectivity index (χ3n) is 3.97. The van der Waals surface area contributed by atoms with Crippen molar-refractivity contribution in [1.82, 2.24) is 0 Å². The lowest BCUT2D eigenvalue weighted by Crippen LogP contribution is -2.29. The first kappa shape index (κ1) is 12.6. The second-order valence-electron chi connectivity index (χ2n) is 5.19. The van der Waals surface area contributed by atoms with Crippen LogP contribution in [0.5, 0.6) is 0 Å². The lowest BCUT2D eigenvalue weighted by molar-refractivity contribution is 0.0449. The molecule has 2 atom stereocenters. The summed E-state index contributed by atoms with van der Waals surface area (Å²) < 4.78 is 19.3. The Morgan fingerprint density at radius 3 is 2.68 bits per heavy atom. The quantitative estimate of drug-likeness (QED) is 0.897. The Labute approximate surface area is 112 Å². The van der Waals surface area contributed by atoms with Crippen LogP contribution >= 0.6 is 0 Å². The van der Waals surface area contributed by atoms with Crippen LogP contribution in [0.15, 0.2) is 36.4 Å². The second-order valence-corrected chi connectivity index (χ2v) is 5.19. The van der Waals surface area contributed by atoms with E-state index in [1.165, 1.54) is 6.07 Å². The first-order valence-electron chi connectivity index (χ1n) is 6.78. The predicted octanol–water partition coefficient (Wildman–Crippen LogP) is 3.41. The topological polar surface area (TPSA) is 35.2 Å². The van der Waals surface area contributed by atoms with E-state index < -0.39 is 0 Å². The highest BCUT2D eigenvalue weighted by atomic mass is 19.1. The van der Waals surface area contributed by atoms with E-state index in [1.54, 1.807) is 6.07 Å². The molecule has 2 nitrogen and oxygen atoms in total. The van der Waals surface area contributed by atoms with Crippen LogP contribution in [0.4, 0.5) is 4.39 Å². The van der Waals surface area contributed by atoms with Crippen molar-refractivity contribution < 1.29 is 9.13 Å². The van der Waals surface area contributed by atoms with Gasteiger partial charge in [0, 0.05) is 24.0 Å². The summed E-state index contributed by atoms with van der Waals surface area (Å²) in [4.78, 5) is 0. The van der Waals surface area contributed by atoms with Gasteiger partial charge in [0.1, 0.15) is 5.82 Å².